The van der Waals surface area contributed by atoms with Gasteiger partial charge >= 0.3 is 0 Å². The predicted octanol–water partition coefficient (Wildman–Crippen LogP) is 2.43. The minimum atomic E-state index is -0.607. The third-order valence-electron chi connectivity index (χ3n) is 2.96. The number of nitrogens with one attached hydrogen (secondary N) is 1. The molecule has 1 aromatic carbocycles. The molecule has 1 aromatic heterocycles. The van der Waals surface area contributed by atoms with E-state index in [0.717, 1.165) is 32.0 Å². The summed E-state index contributed by atoms with van der Waals surface area (Å²) in [5, 5.41) is 11.2. The summed E-state index contributed by atoms with van der Waals surface area (Å²) in [6.07, 6.45) is 2.03. The van der Waals surface area contributed by atoms with E-state index in [1.165, 1.54) is 12.1 Å². The first-order chi connectivity index (χ1) is 8.74. The lowest BCUT2D eigenvalue weighted by atomic mass is 10.2. The van der Waals surface area contributed by atoms with Crippen molar-refractivity contribution in [1.29, 1.82) is 0 Å². The molecule has 1 aliphatic rings. The van der Waals surface area contributed by atoms with Crippen LogP contribution in [-0.2, 0) is 6.54 Å². The van der Waals surface area contributed by atoms with E-state index in [1.54, 1.807) is 0 Å². The average molecular weight is 250 g/mol. The Bertz CT molecular complexity index is 559. The number of halogens is 2. The smallest absolute Gasteiger partial charge is 0.224 e. The molecule has 0 amide bonds. The van der Waals surface area contributed by atoms with Crippen molar-refractivity contribution in [3.05, 3.63) is 29.8 Å². The molecule has 0 aliphatic carbocycles. The van der Waals surface area contributed by atoms with Gasteiger partial charge in [0.2, 0.25) is 5.95 Å². The fourth-order valence-corrected chi connectivity index (χ4v) is 2.14. The van der Waals surface area contributed by atoms with Crippen LogP contribution < -0.4 is 5.32 Å². The lowest BCUT2D eigenvalue weighted by molar-refractivity contribution is 0.583. The third kappa shape index (κ3) is 1.94. The van der Waals surface area contributed by atoms with Gasteiger partial charge in [0, 0.05) is 24.7 Å². The van der Waals surface area contributed by atoms with E-state index in [-0.39, 0.29) is 0 Å². The second-order valence-corrected chi connectivity index (χ2v) is 4.29. The van der Waals surface area contributed by atoms with E-state index in [0.29, 0.717) is 17.3 Å². The van der Waals surface area contributed by atoms with Crippen molar-refractivity contribution < 1.29 is 8.78 Å². The quantitative estimate of drug-likeness (QED) is 0.845. The molecule has 0 bridgehead atoms. The number of hydrogen-bond donors (Lipinski definition) is 1. The maximum Gasteiger partial charge on any atom is 0.224 e. The number of fused-ring (bicyclic) bond motifs is 1. The Morgan fingerprint density at radius 2 is 1.83 bits per heavy atom. The van der Waals surface area contributed by atoms with Crippen molar-refractivity contribution in [3.8, 4) is 11.4 Å². The number of rotatable bonds is 1. The van der Waals surface area contributed by atoms with Crippen LogP contribution in [0.25, 0.3) is 11.4 Å². The van der Waals surface area contributed by atoms with Gasteiger partial charge < -0.3 is 5.32 Å². The third-order valence-corrected chi connectivity index (χ3v) is 2.96. The Hall–Kier alpha value is -1.98. The minimum Gasteiger partial charge on any atom is -0.354 e. The number of benzene rings is 1. The van der Waals surface area contributed by atoms with E-state index >= 15 is 0 Å². The molecule has 2 heterocycles. The predicted molar refractivity (Wildman–Crippen MR) is 63.1 cm³/mol. The largest absolute Gasteiger partial charge is 0.354 e. The highest BCUT2D eigenvalue weighted by molar-refractivity contribution is 5.57. The van der Waals surface area contributed by atoms with E-state index < -0.39 is 11.6 Å². The van der Waals surface area contributed by atoms with Crippen molar-refractivity contribution in [3.63, 3.8) is 0 Å². The molecule has 1 N–H and O–H groups in total. The highest BCUT2D eigenvalue weighted by Crippen LogP contribution is 2.24. The van der Waals surface area contributed by atoms with Gasteiger partial charge in [0.05, 0.1) is 0 Å². The zero-order chi connectivity index (χ0) is 12.5. The topological polar surface area (TPSA) is 42.7 Å². The summed E-state index contributed by atoms with van der Waals surface area (Å²) in [5.74, 6) is -0.0576. The van der Waals surface area contributed by atoms with Gasteiger partial charge in [-0.2, -0.15) is 0 Å². The van der Waals surface area contributed by atoms with Gasteiger partial charge in [-0.3, -0.25) is 4.57 Å². The van der Waals surface area contributed by atoms with Gasteiger partial charge in [-0.15, -0.1) is 10.2 Å². The number of nitrogens with zero attached hydrogens (tertiary/aromatic N) is 3. The van der Waals surface area contributed by atoms with Gasteiger partial charge in [0.25, 0.3) is 0 Å². The molecule has 0 radical (unpaired) electrons. The van der Waals surface area contributed by atoms with Crippen molar-refractivity contribution in [2.24, 2.45) is 0 Å². The maximum atomic E-state index is 13.2. The zero-order valence-corrected chi connectivity index (χ0v) is 9.66. The lowest BCUT2D eigenvalue weighted by Crippen LogP contribution is -2.04. The van der Waals surface area contributed by atoms with Crippen molar-refractivity contribution in [2.75, 3.05) is 11.9 Å². The molecule has 0 spiro atoms. The Balaban J connectivity index is 2.09. The molecular weight excluding hydrogens is 238 g/mol. The summed E-state index contributed by atoms with van der Waals surface area (Å²) in [6, 6.07) is 3.39. The average Bonchev–Trinajstić information content (AvgIpc) is 2.57. The van der Waals surface area contributed by atoms with Gasteiger partial charge in [-0.05, 0) is 25.0 Å². The van der Waals surface area contributed by atoms with Crippen LogP contribution in [0.15, 0.2) is 18.2 Å². The molecule has 1 aliphatic heterocycles. The molecule has 4 nitrogen and oxygen atoms in total. The SMILES string of the molecule is Fc1cc(F)cc(-c2nnc3n2CCCCN3)c1. The van der Waals surface area contributed by atoms with Crippen LogP contribution in [0.4, 0.5) is 14.7 Å². The van der Waals surface area contributed by atoms with Crippen molar-refractivity contribution in [2.45, 2.75) is 19.4 Å². The van der Waals surface area contributed by atoms with Gasteiger partial charge in [-0.1, -0.05) is 0 Å². The second-order valence-electron chi connectivity index (χ2n) is 4.29. The molecule has 0 atom stereocenters. The van der Waals surface area contributed by atoms with Crippen LogP contribution in [0.5, 0.6) is 0 Å². The Morgan fingerprint density at radius 1 is 1.06 bits per heavy atom. The summed E-state index contributed by atoms with van der Waals surface area (Å²) < 4.78 is 28.3. The van der Waals surface area contributed by atoms with Crippen LogP contribution in [0, 0.1) is 11.6 Å². The van der Waals surface area contributed by atoms with E-state index in [4.69, 9.17) is 0 Å². The van der Waals surface area contributed by atoms with Crippen LogP contribution in [0.2, 0.25) is 0 Å². The summed E-state index contributed by atoms with van der Waals surface area (Å²) in [4.78, 5) is 0. The second kappa shape index (κ2) is 4.36. The van der Waals surface area contributed by atoms with E-state index in [2.05, 4.69) is 15.5 Å². The maximum absolute atomic E-state index is 13.2. The Morgan fingerprint density at radius 3 is 2.61 bits per heavy atom. The van der Waals surface area contributed by atoms with Crippen molar-refractivity contribution >= 4 is 5.95 Å². The van der Waals surface area contributed by atoms with E-state index in [1.807, 2.05) is 4.57 Å². The number of anilines is 1. The van der Waals surface area contributed by atoms with Crippen LogP contribution >= 0.6 is 0 Å². The first kappa shape index (κ1) is 11.1. The van der Waals surface area contributed by atoms with Gasteiger partial charge in [0.15, 0.2) is 5.82 Å². The molecule has 0 saturated heterocycles. The molecule has 3 rings (SSSR count). The first-order valence-electron chi connectivity index (χ1n) is 5.87. The molecule has 0 fully saturated rings. The van der Waals surface area contributed by atoms with Crippen LogP contribution in [0.1, 0.15) is 12.8 Å². The van der Waals surface area contributed by atoms with Crippen molar-refractivity contribution in [1.82, 2.24) is 14.8 Å². The van der Waals surface area contributed by atoms with Gasteiger partial charge in [0.1, 0.15) is 11.6 Å². The first-order valence-corrected chi connectivity index (χ1v) is 5.87. The highest BCUT2D eigenvalue weighted by Gasteiger charge is 2.16. The van der Waals surface area contributed by atoms with Crippen LogP contribution in [0.3, 0.4) is 0 Å². The monoisotopic (exact) mass is 250 g/mol. The summed E-state index contributed by atoms with van der Waals surface area (Å²) in [5.41, 5.74) is 0.412. The van der Waals surface area contributed by atoms with E-state index in [9.17, 15) is 8.78 Å². The molecule has 6 heteroatoms. The highest BCUT2D eigenvalue weighted by atomic mass is 19.1. The molecule has 2 aromatic rings. The molecular formula is C12H12F2N4. The zero-order valence-electron chi connectivity index (χ0n) is 9.66. The van der Waals surface area contributed by atoms with Gasteiger partial charge in [-0.25, -0.2) is 8.78 Å². The standard InChI is InChI=1S/C12H12F2N4/c13-9-5-8(6-10(14)7-9)11-16-17-12-15-3-1-2-4-18(11)12/h5-7H,1-4H2,(H,15,17). The fourth-order valence-electron chi connectivity index (χ4n) is 2.14. The summed E-state index contributed by atoms with van der Waals surface area (Å²) in [7, 11) is 0. The minimum absolute atomic E-state index is 0.412. The van der Waals surface area contributed by atoms with Crippen LogP contribution in [-0.4, -0.2) is 21.3 Å². The number of aromatic nitrogens is 3. The molecule has 0 unspecified atom stereocenters. The summed E-state index contributed by atoms with van der Waals surface area (Å²) in [6.45, 7) is 1.60. The lowest BCUT2D eigenvalue weighted by Gasteiger charge is -2.06. The molecule has 94 valence electrons. The molecule has 0 saturated carbocycles. The Kier molecular flexibility index (Phi) is 2.70. The summed E-state index contributed by atoms with van der Waals surface area (Å²) >= 11 is 0. The molecule has 18 heavy (non-hydrogen) atoms. The fraction of sp³-hybridized carbons (Fsp3) is 0.333. The number of hydrogen-bond acceptors (Lipinski definition) is 3. The Labute approximate surface area is 103 Å². The normalized spacial score (nSPS) is 14.8.